The Balaban J connectivity index is 1.63. The van der Waals surface area contributed by atoms with Crippen LogP contribution in [0.3, 0.4) is 0 Å². The van der Waals surface area contributed by atoms with E-state index in [4.69, 9.17) is 0 Å². The fourth-order valence-electron chi connectivity index (χ4n) is 2.83. The molecule has 0 fully saturated rings. The molecule has 2 aromatic rings. The molecule has 0 radical (unpaired) electrons. The van der Waals surface area contributed by atoms with Crippen LogP contribution < -0.4 is 5.32 Å². The van der Waals surface area contributed by atoms with Gasteiger partial charge in [-0.05, 0) is 58.8 Å². The predicted octanol–water partition coefficient (Wildman–Crippen LogP) is 3.21. The maximum atomic E-state index is 11.8. The monoisotopic (exact) mass is 406 g/mol. The second kappa shape index (κ2) is 6.79. The maximum absolute atomic E-state index is 11.8. The number of carbonyl (C=O) groups is 1. The number of fused-ring (bicyclic) bond motifs is 1. The average molecular weight is 406 g/mol. The van der Waals surface area contributed by atoms with Crippen LogP contribution in [0.2, 0.25) is 0 Å². The number of nitrogens with one attached hydrogen (secondary N) is 1. The standard InChI is InChI=1S/C18H19IN2O/c1-21(8-7-13-5-3-2-4-6-13)12-14-9-15-11-20-18(22)17(15)16(19)10-14/h2-6,9-10H,7-8,11-12H2,1H3,(H,20,22). The highest BCUT2D eigenvalue weighted by atomic mass is 127. The summed E-state index contributed by atoms with van der Waals surface area (Å²) >= 11 is 2.26. The van der Waals surface area contributed by atoms with E-state index < -0.39 is 0 Å². The van der Waals surface area contributed by atoms with Gasteiger partial charge in [0.1, 0.15) is 0 Å². The predicted molar refractivity (Wildman–Crippen MR) is 96.8 cm³/mol. The van der Waals surface area contributed by atoms with Gasteiger partial charge in [0.05, 0.1) is 5.56 Å². The van der Waals surface area contributed by atoms with Gasteiger partial charge in [-0.2, -0.15) is 0 Å². The molecule has 0 saturated heterocycles. The summed E-state index contributed by atoms with van der Waals surface area (Å²) < 4.78 is 1.05. The molecule has 1 heterocycles. The van der Waals surface area contributed by atoms with Crippen molar-refractivity contribution < 1.29 is 4.79 Å². The second-order valence-corrected chi connectivity index (χ2v) is 6.93. The maximum Gasteiger partial charge on any atom is 0.252 e. The molecule has 22 heavy (non-hydrogen) atoms. The summed E-state index contributed by atoms with van der Waals surface area (Å²) in [5, 5.41) is 2.90. The zero-order valence-corrected chi connectivity index (χ0v) is 14.8. The molecular formula is C18H19IN2O. The van der Waals surface area contributed by atoms with Gasteiger partial charge in [0, 0.05) is 23.2 Å². The molecule has 2 aromatic carbocycles. The first kappa shape index (κ1) is 15.5. The first-order valence-electron chi connectivity index (χ1n) is 7.45. The number of benzene rings is 2. The van der Waals surface area contributed by atoms with Crippen LogP contribution in [0, 0.1) is 3.57 Å². The Labute approximate surface area is 144 Å². The summed E-state index contributed by atoms with van der Waals surface area (Å²) in [6.07, 6.45) is 1.05. The van der Waals surface area contributed by atoms with Gasteiger partial charge in [0.15, 0.2) is 0 Å². The molecule has 1 aliphatic heterocycles. The normalized spacial score (nSPS) is 13.3. The van der Waals surface area contributed by atoms with Crippen LogP contribution in [-0.2, 0) is 19.5 Å². The SMILES string of the molecule is CN(CCc1ccccc1)Cc1cc(I)c2c(c1)CNC2=O. The molecule has 1 aliphatic rings. The molecule has 0 saturated carbocycles. The van der Waals surface area contributed by atoms with Gasteiger partial charge >= 0.3 is 0 Å². The smallest absolute Gasteiger partial charge is 0.252 e. The van der Waals surface area contributed by atoms with Crippen LogP contribution in [0.4, 0.5) is 0 Å². The van der Waals surface area contributed by atoms with Gasteiger partial charge in [0.25, 0.3) is 5.91 Å². The Morgan fingerprint density at radius 1 is 1.18 bits per heavy atom. The molecule has 4 heteroatoms. The van der Waals surface area contributed by atoms with Crippen molar-refractivity contribution in [2.75, 3.05) is 13.6 Å². The zero-order chi connectivity index (χ0) is 15.5. The number of rotatable bonds is 5. The Bertz CT molecular complexity index is 685. The number of nitrogens with zero attached hydrogens (tertiary/aromatic N) is 1. The molecule has 0 bridgehead atoms. The molecule has 3 nitrogen and oxygen atoms in total. The van der Waals surface area contributed by atoms with Crippen molar-refractivity contribution in [3.8, 4) is 0 Å². The van der Waals surface area contributed by atoms with Crippen molar-refractivity contribution in [1.82, 2.24) is 10.2 Å². The van der Waals surface area contributed by atoms with Crippen molar-refractivity contribution in [1.29, 1.82) is 0 Å². The first-order valence-corrected chi connectivity index (χ1v) is 8.53. The second-order valence-electron chi connectivity index (χ2n) is 5.77. The molecular weight excluding hydrogens is 387 g/mol. The van der Waals surface area contributed by atoms with Crippen molar-refractivity contribution in [3.63, 3.8) is 0 Å². The van der Waals surface area contributed by atoms with E-state index in [0.717, 1.165) is 34.2 Å². The highest BCUT2D eigenvalue weighted by Crippen LogP contribution is 2.24. The van der Waals surface area contributed by atoms with Gasteiger partial charge in [-0.1, -0.05) is 36.4 Å². The van der Waals surface area contributed by atoms with Crippen LogP contribution in [0.5, 0.6) is 0 Å². The molecule has 0 unspecified atom stereocenters. The fraction of sp³-hybridized carbons (Fsp3) is 0.278. The van der Waals surface area contributed by atoms with Gasteiger partial charge in [-0.3, -0.25) is 4.79 Å². The van der Waals surface area contributed by atoms with E-state index >= 15 is 0 Å². The van der Waals surface area contributed by atoms with Crippen LogP contribution in [0.1, 0.15) is 27.0 Å². The van der Waals surface area contributed by atoms with E-state index in [1.165, 1.54) is 11.1 Å². The summed E-state index contributed by atoms with van der Waals surface area (Å²) in [7, 11) is 2.15. The van der Waals surface area contributed by atoms with Crippen molar-refractivity contribution in [2.45, 2.75) is 19.5 Å². The molecule has 0 atom stereocenters. The summed E-state index contributed by atoms with van der Waals surface area (Å²) in [5.41, 5.74) is 4.63. The number of halogens is 1. The Hall–Kier alpha value is -1.40. The lowest BCUT2D eigenvalue weighted by molar-refractivity contribution is 0.0965. The third-order valence-corrected chi connectivity index (χ3v) is 4.83. The van der Waals surface area contributed by atoms with Crippen molar-refractivity contribution in [3.05, 3.63) is 68.3 Å². The number of carbonyl (C=O) groups excluding carboxylic acids is 1. The van der Waals surface area contributed by atoms with Gasteiger partial charge in [0.2, 0.25) is 0 Å². The average Bonchev–Trinajstić information content (AvgIpc) is 2.88. The minimum absolute atomic E-state index is 0.0587. The van der Waals surface area contributed by atoms with E-state index in [0.29, 0.717) is 6.54 Å². The summed E-state index contributed by atoms with van der Waals surface area (Å²) in [4.78, 5) is 14.1. The summed E-state index contributed by atoms with van der Waals surface area (Å²) in [5.74, 6) is 0.0587. The highest BCUT2D eigenvalue weighted by molar-refractivity contribution is 14.1. The third kappa shape index (κ3) is 3.50. The molecule has 1 N–H and O–H groups in total. The lowest BCUT2D eigenvalue weighted by Gasteiger charge is -2.17. The minimum Gasteiger partial charge on any atom is -0.348 e. The Morgan fingerprint density at radius 2 is 1.95 bits per heavy atom. The zero-order valence-electron chi connectivity index (χ0n) is 12.6. The Kier molecular flexibility index (Phi) is 4.78. The molecule has 3 rings (SSSR count). The minimum atomic E-state index is 0.0587. The number of hydrogen-bond acceptors (Lipinski definition) is 2. The highest BCUT2D eigenvalue weighted by Gasteiger charge is 2.22. The molecule has 1 amide bonds. The van der Waals surface area contributed by atoms with Gasteiger partial charge in [-0.15, -0.1) is 0 Å². The molecule has 0 aromatic heterocycles. The summed E-state index contributed by atoms with van der Waals surface area (Å²) in [6.45, 7) is 2.59. The molecule has 114 valence electrons. The van der Waals surface area contributed by atoms with Crippen LogP contribution >= 0.6 is 22.6 Å². The van der Waals surface area contributed by atoms with E-state index in [1.807, 2.05) is 0 Å². The number of likely N-dealkylation sites (N-methyl/N-ethyl adjacent to an activating group) is 1. The van der Waals surface area contributed by atoms with E-state index in [9.17, 15) is 4.79 Å². The lowest BCUT2D eigenvalue weighted by Crippen LogP contribution is -2.21. The number of hydrogen-bond donors (Lipinski definition) is 1. The van der Waals surface area contributed by atoms with Crippen molar-refractivity contribution in [2.24, 2.45) is 0 Å². The molecule has 0 spiro atoms. The fourth-order valence-corrected chi connectivity index (χ4v) is 3.82. The van der Waals surface area contributed by atoms with E-state index in [1.54, 1.807) is 0 Å². The topological polar surface area (TPSA) is 32.3 Å². The number of amides is 1. The first-order chi connectivity index (χ1) is 10.6. The van der Waals surface area contributed by atoms with Gasteiger partial charge < -0.3 is 10.2 Å². The van der Waals surface area contributed by atoms with Crippen LogP contribution in [0.15, 0.2) is 42.5 Å². The third-order valence-electron chi connectivity index (χ3n) is 3.98. The van der Waals surface area contributed by atoms with Gasteiger partial charge in [-0.25, -0.2) is 0 Å². The quantitative estimate of drug-likeness (QED) is 0.774. The van der Waals surface area contributed by atoms with Crippen molar-refractivity contribution >= 4 is 28.5 Å². The summed E-state index contributed by atoms with van der Waals surface area (Å²) in [6, 6.07) is 14.9. The lowest BCUT2D eigenvalue weighted by atomic mass is 10.1. The largest absolute Gasteiger partial charge is 0.348 e. The van der Waals surface area contributed by atoms with Crippen LogP contribution in [-0.4, -0.2) is 24.4 Å². The van der Waals surface area contributed by atoms with E-state index in [-0.39, 0.29) is 5.91 Å². The Morgan fingerprint density at radius 3 is 2.73 bits per heavy atom. The van der Waals surface area contributed by atoms with Crippen LogP contribution in [0.25, 0.3) is 0 Å². The van der Waals surface area contributed by atoms with E-state index in [2.05, 4.69) is 82.3 Å². The molecule has 0 aliphatic carbocycles.